The van der Waals surface area contributed by atoms with Crippen LogP contribution < -0.4 is 14.8 Å². The number of nitrogens with one attached hydrogen (secondary N) is 1. The minimum absolute atomic E-state index is 0.000875. The molecule has 0 bridgehead atoms. The van der Waals surface area contributed by atoms with Crippen molar-refractivity contribution in [1.29, 1.82) is 0 Å². The zero-order valence-corrected chi connectivity index (χ0v) is 13.3. The van der Waals surface area contributed by atoms with Crippen molar-refractivity contribution >= 4 is 16.5 Å². The van der Waals surface area contributed by atoms with Gasteiger partial charge in [0.25, 0.3) is 0 Å². The molecule has 108 valence electrons. The summed E-state index contributed by atoms with van der Waals surface area (Å²) in [4.78, 5) is 4.62. The maximum Gasteiger partial charge on any atom is 0.183 e. The molecule has 0 aliphatic carbocycles. The Kier molecular flexibility index (Phi) is 4.18. The first-order chi connectivity index (χ1) is 9.43. The van der Waals surface area contributed by atoms with E-state index in [9.17, 15) is 0 Å². The fourth-order valence-corrected chi connectivity index (χ4v) is 2.70. The zero-order chi connectivity index (χ0) is 14.8. The van der Waals surface area contributed by atoms with Gasteiger partial charge in [-0.1, -0.05) is 0 Å². The predicted octanol–water partition coefficient (Wildman–Crippen LogP) is 4.04. The molecule has 0 amide bonds. The number of aromatic nitrogens is 1. The molecule has 0 radical (unpaired) electrons. The first-order valence-electron chi connectivity index (χ1n) is 6.39. The molecule has 5 heteroatoms. The Bertz CT molecular complexity index is 588. The van der Waals surface area contributed by atoms with Gasteiger partial charge in [-0.2, -0.15) is 0 Å². The molecule has 0 saturated carbocycles. The summed E-state index contributed by atoms with van der Waals surface area (Å²) in [7, 11) is 3.29. The molecule has 2 aromatic rings. The van der Waals surface area contributed by atoms with Gasteiger partial charge >= 0.3 is 0 Å². The summed E-state index contributed by atoms with van der Waals surface area (Å²) >= 11 is 1.59. The second kappa shape index (κ2) is 5.71. The third kappa shape index (κ3) is 3.42. The van der Waals surface area contributed by atoms with Gasteiger partial charge < -0.3 is 14.8 Å². The lowest BCUT2D eigenvalue weighted by Gasteiger charge is -2.19. The second-order valence-electron chi connectivity index (χ2n) is 5.48. The number of methoxy groups -OCH3 is 2. The van der Waals surface area contributed by atoms with Gasteiger partial charge in [0.1, 0.15) is 11.5 Å². The Morgan fingerprint density at radius 3 is 2.50 bits per heavy atom. The number of ether oxygens (including phenoxy) is 2. The van der Waals surface area contributed by atoms with Crippen LogP contribution in [0.15, 0.2) is 23.6 Å². The van der Waals surface area contributed by atoms with E-state index < -0.39 is 0 Å². The van der Waals surface area contributed by atoms with Crippen molar-refractivity contribution < 1.29 is 9.47 Å². The van der Waals surface area contributed by atoms with Crippen LogP contribution in [0.2, 0.25) is 0 Å². The summed E-state index contributed by atoms with van der Waals surface area (Å²) in [5.74, 6) is 1.53. The van der Waals surface area contributed by atoms with Gasteiger partial charge in [0.05, 0.1) is 19.9 Å². The number of hydrogen-bond donors (Lipinski definition) is 1. The minimum Gasteiger partial charge on any atom is -0.497 e. The predicted molar refractivity (Wildman–Crippen MR) is 84.0 cm³/mol. The van der Waals surface area contributed by atoms with E-state index >= 15 is 0 Å². The van der Waals surface area contributed by atoms with Crippen molar-refractivity contribution in [2.75, 3.05) is 19.5 Å². The Morgan fingerprint density at radius 2 is 1.90 bits per heavy atom. The van der Waals surface area contributed by atoms with Gasteiger partial charge in [-0.15, -0.1) is 11.3 Å². The first kappa shape index (κ1) is 14.7. The average Bonchev–Trinajstić information content (AvgIpc) is 2.83. The van der Waals surface area contributed by atoms with Gasteiger partial charge in [-0.05, 0) is 32.9 Å². The van der Waals surface area contributed by atoms with Gasteiger partial charge in [0, 0.05) is 22.5 Å². The molecule has 4 nitrogen and oxygen atoms in total. The Labute approximate surface area is 123 Å². The van der Waals surface area contributed by atoms with E-state index in [2.05, 4.69) is 31.1 Å². The molecule has 0 unspecified atom stereocenters. The molecule has 20 heavy (non-hydrogen) atoms. The summed E-state index contributed by atoms with van der Waals surface area (Å²) in [5, 5.41) is 6.31. The highest BCUT2D eigenvalue weighted by atomic mass is 32.1. The molecule has 0 spiro atoms. The van der Waals surface area contributed by atoms with Gasteiger partial charge in [0.15, 0.2) is 5.13 Å². The van der Waals surface area contributed by atoms with E-state index in [1.807, 2.05) is 23.6 Å². The smallest absolute Gasteiger partial charge is 0.183 e. The van der Waals surface area contributed by atoms with Crippen molar-refractivity contribution in [1.82, 2.24) is 4.98 Å². The van der Waals surface area contributed by atoms with Crippen molar-refractivity contribution in [2.24, 2.45) is 0 Å². The van der Waals surface area contributed by atoms with Gasteiger partial charge in [0.2, 0.25) is 0 Å². The lowest BCUT2D eigenvalue weighted by molar-refractivity contribution is 0.395. The van der Waals surface area contributed by atoms with Crippen LogP contribution in [0.4, 0.5) is 5.13 Å². The molecule has 1 aromatic heterocycles. The normalized spacial score (nSPS) is 11.2. The van der Waals surface area contributed by atoms with Crippen LogP contribution in [0.5, 0.6) is 11.5 Å². The first-order valence-corrected chi connectivity index (χ1v) is 7.27. The molecular weight excluding hydrogens is 272 g/mol. The standard InChI is InChI=1S/C15H20N2O2S/c1-15(2,3)17-14-16-12(9-20-14)11-7-6-10(18-4)8-13(11)19-5/h6-9H,1-5H3,(H,16,17). The monoisotopic (exact) mass is 292 g/mol. The number of nitrogens with zero attached hydrogens (tertiary/aromatic N) is 1. The SMILES string of the molecule is COc1ccc(-c2csc(NC(C)(C)C)n2)c(OC)c1. The number of thiazole rings is 1. The largest absolute Gasteiger partial charge is 0.497 e. The van der Waals surface area contributed by atoms with Crippen molar-refractivity contribution in [2.45, 2.75) is 26.3 Å². The minimum atomic E-state index is -0.000875. The van der Waals surface area contributed by atoms with E-state index in [0.29, 0.717) is 0 Å². The van der Waals surface area contributed by atoms with Crippen LogP contribution in [0, 0.1) is 0 Å². The molecule has 2 rings (SSSR count). The maximum atomic E-state index is 5.42. The Balaban J connectivity index is 2.32. The van der Waals surface area contributed by atoms with E-state index in [1.54, 1.807) is 25.6 Å². The van der Waals surface area contributed by atoms with Gasteiger partial charge in [-0.3, -0.25) is 0 Å². The van der Waals surface area contributed by atoms with Crippen LogP contribution in [0.3, 0.4) is 0 Å². The fraction of sp³-hybridized carbons (Fsp3) is 0.400. The lowest BCUT2D eigenvalue weighted by Crippen LogP contribution is -2.25. The molecule has 1 heterocycles. The number of anilines is 1. The highest BCUT2D eigenvalue weighted by molar-refractivity contribution is 7.14. The maximum absolute atomic E-state index is 5.42. The second-order valence-corrected chi connectivity index (χ2v) is 6.34. The van der Waals surface area contributed by atoms with Crippen LogP contribution in [0.1, 0.15) is 20.8 Å². The molecule has 1 N–H and O–H groups in total. The number of benzene rings is 1. The third-order valence-electron chi connectivity index (χ3n) is 2.67. The molecule has 0 saturated heterocycles. The molecule has 1 aromatic carbocycles. The van der Waals surface area contributed by atoms with Crippen LogP contribution in [-0.4, -0.2) is 24.7 Å². The van der Waals surface area contributed by atoms with Crippen LogP contribution >= 0.6 is 11.3 Å². The molecular formula is C15H20N2O2S. The summed E-state index contributed by atoms with van der Waals surface area (Å²) < 4.78 is 10.6. The summed E-state index contributed by atoms with van der Waals surface area (Å²) in [6.07, 6.45) is 0. The van der Waals surface area contributed by atoms with Crippen molar-refractivity contribution in [3.63, 3.8) is 0 Å². The summed E-state index contributed by atoms with van der Waals surface area (Å²) in [5.41, 5.74) is 1.87. The highest BCUT2D eigenvalue weighted by Gasteiger charge is 2.14. The molecule has 0 atom stereocenters. The van der Waals surface area contributed by atoms with Crippen molar-refractivity contribution in [3.8, 4) is 22.8 Å². The fourth-order valence-electron chi connectivity index (χ4n) is 1.79. The van der Waals surface area contributed by atoms with Crippen LogP contribution in [0.25, 0.3) is 11.3 Å². The van der Waals surface area contributed by atoms with Gasteiger partial charge in [-0.25, -0.2) is 4.98 Å². The van der Waals surface area contributed by atoms with E-state index in [4.69, 9.17) is 9.47 Å². The average molecular weight is 292 g/mol. The topological polar surface area (TPSA) is 43.4 Å². The van der Waals surface area contributed by atoms with Crippen molar-refractivity contribution in [3.05, 3.63) is 23.6 Å². The lowest BCUT2D eigenvalue weighted by atomic mass is 10.1. The number of rotatable bonds is 4. The molecule has 0 aliphatic rings. The zero-order valence-electron chi connectivity index (χ0n) is 12.5. The van der Waals surface area contributed by atoms with Crippen LogP contribution in [-0.2, 0) is 0 Å². The quantitative estimate of drug-likeness (QED) is 0.923. The summed E-state index contributed by atoms with van der Waals surface area (Å²) in [6, 6.07) is 5.74. The Hall–Kier alpha value is -1.75. The third-order valence-corrected chi connectivity index (χ3v) is 3.43. The summed E-state index contributed by atoms with van der Waals surface area (Å²) in [6.45, 7) is 6.34. The van der Waals surface area contributed by atoms with E-state index in [1.165, 1.54) is 0 Å². The molecule has 0 aliphatic heterocycles. The van der Waals surface area contributed by atoms with E-state index in [-0.39, 0.29) is 5.54 Å². The Morgan fingerprint density at radius 1 is 1.15 bits per heavy atom. The van der Waals surface area contributed by atoms with E-state index in [0.717, 1.165) is 27.9 Å². The highest BCUT2D eigenvalue weighted by Crippen LogP contribution is 2.35. The number of hydrogen-bond acceptors (Lipinski definition) is 5. The molecule has 0 fully saturated rings.